The van der Waals surface area contributed by atoms with Crippen LogP contribution in [-0.2, 0) is 16.1 Å². The summed E-state index contributed by atoms with van der Waals surface area (Å²) in [5.74, 6) is 5.96. The molecule has 1 aliphatic heterocycles. The van der Waals surface area contributed by atoms with E-state index in [1.54, 1.807) is 7.11 Å². The smallest absolute Gasteiger partial charge is 0.237 e. The summed E-state index contributed by atoms with van der Waals surface area (Å²) in [6.45, 7) is 5.69. The maximum atomic E-state index is 12.2. The summed E-state index contributed by atoms with van der Waals surface area (Å²) < 4.78 is 11.5. The fraction of sp³-hybridized carbons (Fsp3) is 0.556. The molecular weight excluding hydrogens is 336 g/mol. The van der Waals surface area contributed by atoms with Crippen molar-refractivity contribution >= 4 is 11.8 Å². The third-order valence-corrected chi connectivity index (χ3v) is 4.53. The highest BCUT2D eigenvalue weighted by atomic mass is 16.5. The number of hydrogen-bond donors (Lipinski definition) is 3. The van der Waals surface area contributed by atoms with E-state index in [4.69, 9.17) is 15.3 Å². The van der Waals surface area contributed by atoms with Crippen LogP contribution in [0.3, 0.4) is 0 Å². The van der Waals surface area contributed by atoms with Crippen LogP contribution in [0.15, 0.2) is 18.2 Å². The largest absolute Gasteiger partial charge is 0.493 e. The number of methoxy groups -OCH3 is 1. The summed E-state index contributed by atoms with van der Waals surface area (Å²) in [6, 6.07) is 5.12. The van der Waals surface area contributed by atoms with Crippen LogP contribution in [0.25, 0.3) is 0 Å². The van der Waals surface area contributed by atoms with Crippen LogP contribution in [0.4, 0.5) is 0 Å². The summed E-state index contributed by atoms with van der Waals surface area (Å²) in [6.07, 6.45) is 0.907. The number of nitrogens with zero attached hydrogens (tertiary/aromatic N) is 1. The fourth-order valence-electron chi connectivity index (χ4n) is 2.89. The Balaban J connectivity index is 2.26. The van der Waals surface area contributed by atoms with Gasteiger partial charge < -0.3 is 14.8 Å². The summed E-state index contributed by atoms with van der Waals surface area (Å²) >= 11 is 0. The minimum absolute atomic E-state index is 0.00779. The van der Waals surface area contributed by atoms with Crippen molar-refractivity contribution < 1.29 is 19.1 Å². The number of carbonyl (C=O) groups excluding carboxylic acids is 2. The molecule has 8 heteroatoms. The second kappa shape index (κ2) is 9.40. The Labute approximate surface area is 154 Å². The van der Waals surface area contributed by atoms with Crippen molar-refractivity contribution in [3.05, 3.63) is 23.8 Å². The normalized spacial score (nSPS) is 18.8. The van der Waals surface area contributed by atoms with E-state index in [9.17, 15) is 9.59 Å². The fourth-order valence-corrected chi connectivity index (χ4v) is 2.89. The molecule has 2 rings (SSSR count). The van der Waals surface area contributed by atoms with Crippen molar-refractivity contribution in [1.82, 2.24) is 15.6 Å². The van der Waals surface area contributed by atoms with Crippen LogP contribution in [0.5, 0.6) is 11.5 Å². The molecule has 8 nitrogen and oxygen atoms in total. The maximum absolute atomic E-state index is 12.2. The van der Waals surface area contributed by atoms with E-state index in [1.165, 1.54) is 0 Å². The van der Waals surface area contributed by atoms with E-state index in [0.717, 1.165) is 12.0 Å². The third kappa shape index (κ3) is 4.86. The van der Waals surface area contributed by atoms with Gasteiger partial charge in [-0.05, 0) is 19.4 Å². The number of hydrogen-bond acceptors (Lipinski definition) is 6. The Morgan fingerprint density at radius 3 is 2.92 bits per heavy atom. The molecule has 144 valence electrons. The molecular formula is C18H28N4O4. The minimum atomic E-state index is -0.574. The van der Waals surface area contributed by atoms with E-state index in [2.05, 4.69) is 17.7 Å². The number of piperazine rings is 1. The molecule has 4 N–H and O–H groups in total. The lowest BCUT2D eigenvalue weighted by molar-refractivity contribution is -0.134. The van der Waals surface area contributed by atoms with Crippen LogP contribution in [0, 0.1) is 0 Å². The number of nitrogens with two attached hydrogens (primary N) is 1. The summed E-state index contributed by atoms with van der Waals surface area (Å²) in [5.41, 5.74) is 3.00. The Hall–Kier alpha value is -2.32. The topological polar surface area (TPSA) is 106 Å². The van der Waals surface area contributed by atoms with Gasteiger partial charge in [0.1, 0.15) is 0 Å². The predicted octanol–water partition coefficient (Wildman–Crippen LogP) is 0.553. The van der Waals surface area contributed by atoms with Crippen molar-refractivity contribution in [2.45, 2.75) is 45.4 Å². The molecule has 0 saturated carbocycles. The Morgan fingerprint density at radius 2 is 2.27 bits per heavy atom. The second-order valence-corrected chi connectivity index (χ2v) is 6.33. The molecule has 1 fully saturated rings. The van der Waals surface area contributed by atoms with Crippen LogP contribution in [-0.4, -0.2) is 49.1 Å². The quantitative estimate of drug-likeness (QED) is 0.353. The summed E-state index contributed by atoms with van der Waals surface area (Å²) in [7, 11) is 1.60. The van der Waals surface area contributed by atoms with E-state index >= 15 is 0 Å². The number of rotatable bonds is 8. The zero-order valence-electron chi connectivity index (χ0n) is 15.6. The number of amides is 2. The van der Waals surface area contributed by atoms with Gasteiger partial charge in [-0.1, -0.05) is 19.1 Å². The Morgan fingerprint density at radius 1 is 1.50 bits per heavy atom. The summed E-state index contributed by atoms with van der Waals surface area (Å²) in [5, 5.41) is 2.80. The van der Waals surface area contributed by atoms with E-state index in [0.29, 0.717) is 31.1 Å². The molecule has 0 bridgehead atoms. The number of para-hydroxylation sites is 1. The predicted molar refractivity (Wildman–Crippen MR) is 97.5 cm³/mol. The molecule has 1 aliphatic rings. The van der Waals surface area contributed by atoms with Gasteiger partial charge in [-0.3, -0.25) is 19.9 Å². The van der Waals surface area contributed by atoms with Gasteiger partial charge >= 0.3 is 0 Å². The molecule has 0 spiro atoms. The first kappa shape index (κ1) is 20.0. The molecule has 1 saturated heterocycles. The zero-order chi connectivity index (χ0) is 19.1. The highest BCUT2D eigenvalue weighted by Gasteiger charge is 2.32. The van der Waals surface area contributed by atoms with Crippen molar-refractivity contribution in [1.29, 1.82) is 0 Å². The molecule has 2 unspecified atom stereocenters. The minimum Gasteiger partial charge on any atom is -0.493 e. The monoisotopic (exact) mass is 364 g/mol. The van der Waals surface area contributed by atoms with Gasteiger partial charge in [0.05, 0.1) is 25.7 Å². The first-order valence-corrected chi connectivity index (χ1v) is 8.83. The van der Waals surface area contributed by atoms with E-state index in [-0.39, 0.29) is 24.3 Å². The molecule has 2 atom stereocenters. The molecule has 1 aromatic carbocycles. The van der Waals surface area contributed by atoms with E-state index in [1.807, 2.05) is 30.0 Å². The number of hydrazine groups is 1. The van der Waals surface area contributed by atoms with Gasteiger partial charge in [-0.15, -0.1) is 0 Å². The average molecular weight is 364 g/mol. The van der Waals surface area contributed by atoms with Gasteiger partial charge in [0.15, 0.2) is 11.5 Å². The molecule has 1 heterocycles. The molecule has 0 radical (unpaired) electrons. The number of carbonyl (C=O) groups is 2. The first-order chi connectivity index (χ1) is 12.5. The highest BCUT2D eigenvalue weighted by Crippen LogP contribution is 2.33. The number of benzene rings is 1. The van der Waals surface area contributed by atoms with Crippen molar-refractivity contribution in [3.63, 3.8) is 0 Å². The average Bonchev–Trinajstić information content (AvgIpc) is 2.65. The number of nitrogens with one attached hydrogen (secondary N) is 2. The second-order valence-electron chi connectivity index (χ2n) is 6.33. The van der Waals surface area contributed by atoms with Crippen LogP contribution >= 0.6 is 0 Å². The van der Waals surface area contributed by atoms with Gasteiger partial charge in [-0.2, -0.15) is 0 Å². The van der Waals surface area contributed by atoms with Crippen molar-refractivity contribution in [2.24, 2.45) is 5.84 Å². The van der Waals surface area contributed by atoms with Crippen LogP contribution < -0.4 is 26.1 Å². The Bertz CT molecular complexity index is 638. The zero-order valence-corrected chi connectivity index (χ0v) is 15.6. The lowest BCUT2D eigenvalue weighted by Gasteiger charge is -2.35. The van der Waals surface area contributed by atoms with Gasteiger partial charge in [0, 0.05) is 25.2 Å². The standard InChI is InChI=1S/C18H28N4O4/c1-4-12(2)26-17-13(6-5-7-15(17)25-3)11-22-9-8-20-18(24)14(22)10-16(23)21-19/h5-7,12,14H,4,8-11,19H2,1-3H3,(H,20,24)(H,21,23). The van der Waals surface area contributed by atoms with Crippen molar-refractivity contribution in [3.8, 4) is 11.5 Å². The molecule has 1 aromatic rings. The maximum Gasteiger partial charge on any atom is 0.237 e. The van der Waals surface area contributed by atoms with E-state index < -0.39 is 6.04 Å². The van der Waals surface area contributed by atoms with Crippen LogP contribution in [0.2, 0.25) is 0 Å². The lowest BCUT2D eigenvalue weighted by atomic mass is 10.1. The SMILES string of the molecule is CCC(C)Oc1c(CN2CCNC(=O)C2CC(=O)NN)cccc1OC. The lowest BCUT2D eigenvalue weighted by Crippen LogP contribution is -2.56. The number of ether oxygens (including phenoxy) is 2. The highest BCUT2D eigenvalue weighted by molar-refractivity contribution is 5.88. The third-order valence-electron chi connectivity index (χ3n) is 4.53. The molecule has 0 aliphatic carbocycles. The molecule has 26 heavy (non-hydrogen) atoms. The van der Waals surface area contributed by atoms with Crippen LogP contribution in [0.1, 0.15) is 32.3 Å². The molecule has 2 amide bonds. The van der Waals surface area contributed by atoms with Gasteiger partial charge in [-0.25, -0.2) is 5.84 Å². The first-order valence-electron chi connectivity index (χ1n) is 8.83. The van der Waals surface area contributed by atoms with Crippen molar-refractivity contribution in [2.75, 3.05) is 20.2 Å². The Kier molecular flexibility index (Phi) is 7.23. The van der Waals surface area contributed by atoms with Gasteiger partial charge in [0.2, 0.25) is 11.8 Å². The van der Waals surface area contributed by atoms with Gasteiger partial charge in [0.25, 0.3) is 0 Å². The molecule has 0 aromatic heterocycles. The summed E-state index contributed by atoms with van der Waals surface area (Å²) in [4.78, 5) is 25.9.